The van der Waals surface area contributed by atoms with Crippen LogP contribution < -0.4 is 5.32 Å². The SMILES string of the molecule is CCNC(=O)[C@H](C)Sc1ncc(-c2ccccc2)n1CC. The molecule has 2 aromatic rings. The molecule has 0 saturated heterocycles. The van der Waals surface area contributed by atoms with Crippen molar-refractivity contribution >= 4 is 17.7 Å². The summed E-state index contributed by atoms with van der Waals surface area (Å²) in [6.07, 6.45) is 1.88. The highest BCUT2D eigenvalue weighted by Crippen LogP contribution is 2.28. The van der Waals surface area contributed by atoms with Crippen LogP contribution in [0.4, 0.5) is 0 Å². The molecule has 0 aliphatic carbocycles. The maximum Gasteiger partial charge on any atom is 0.233 e. The predicted molar refractivity (Wildman–Crippen MR) is 87.3 cm³/mol. The first-order valence-electron chi connectivity index (χ1n) is 7.22. The molecule has 0 aliphatic heterocycles. The van der Waals surface area contributed by atoms with Gasteiger partial charge in [0.15, 0.2) is 5.16 Å². The molecule has 0 spiro atoms. The first-order chi connectivity index (χ1) is 10.2. The Labute approximate surface area is 130 Å². The Kier molecular flexibility index (Phi) is 5.44. The second kappa shape index (κ2) is 7.31. The lowest BCUT2D eigenvalue weighted by atomic mass is 10.2. The summed E-state index contributed by atoms with van der Waals surface area (Å²) in [5, 5.41) is 3.58. The van der Waals surface area contributed by atoms with Gasteiger partial charge in [-0.05, 0) is 26.3 Å². The van der Waals surface area contributed by atoms with Gasteiger partial charge in [0.05, 0.1) is 17.1 Å². The third kappa shape index (κ3) is 3.67. The number of aromatic nitrogens is 2. The lowest BCUT2D eigenvalue weighted by molar-refractivity contribution is -0.120. The second-order valence-corrected chi connectivity index (χ2v) is 6.00. The number of amides is 1. The predicted octanol–water partition coefficient (Wildman–Crippen LogP) is 3.19. The van der Waals surface area contributed by atoms with Gasteiger partial charge in [-0.25, -0.2) is 4.98 Å². The van der Waals surface area contributed by atoms with Crippen LogP contribution >= 0.6 is 11.8 Å². The first-order valence-corrected chi connectivity index (χ1v) is 8.10. The lowest BCUT2D eigenvalue weighted by Gasteiger charge is -2.13. The van der Waals surface area contributed by atoms with Gasteiger partial charge in [-0.3, -0.25) is 4.79 Å². The number of hydrogen-bond acceptors (Lipinski definition) is 3. The molecule has 21 heavy (non-hydrogen) atoms. The van der Waals surface area contributed by atoms with E-state index in [0.717, 1.165) is 23.0 Å². The third-order valence-electron chi connectivity index (χ3n) is 3.21. The lowest BCUT2D eigenvalue weighted by Crippen LogP contribution is -2.30. The summed E-state index contributed by atoms with van der Waals surface area (Å²) in [6.45, 7) is 7.41. The molecule has 112 valence electrons. The molecule has 0 aliphatic rings. The van der Waals surface area contributed by atoms with Gasteiger partial charge < -0.3 is 9.88 Å². The summed E-state index contributed by atoms with van der Waals surface area (Å²) < 4.78 is 2.15. The van der Waals surface area contributed by atoms with E-state index in [1.54, 1.807) is 0 Å². The highest BCUT2D eigenvalue weighted by atomic mass is 32.2. The number of imidazole rings is 1. The minimum Gasteiger partial charge on any atom is -0.355 e. The quantitative estimate of drug-likeness (QED) is 0.834. The average Bonchev–Trinajstić information content (AvgIpc) is 2.91. The maximum atomic E-state index is 11.9. The van der Waals surface area contributed by atoms with Crippen molar-refractivity contribution in [2.75, 3.05) is 6.54 Å². The fraction of sp³-hybridized carbons (Fsp3) is 0.375. The van der Waals surface area contributed by atoms with Gasteiger partial charge in [-0.15, -0.1) is 0 Å². The molecule has 1 amide bonds. The molecule has 1 N–H and O–H groups in total. The number of rotatable bonds is 6. The van der Waals surface area contributed by atoms with Gasteiger partial charge in [-0.2, -0.15) is 0 Å². The second-order valence-electron chi connectivity index (χ2n) is 4.69. The standard InChI is InChI=1S/C16H21N3OS/c1-4-17-15(20)12(3)21-16-18-11-14(19(16)5-2)13-9-7-6-8-10-13/h6-12H,4-5H2,1-3H3,(H,17,20)/t12-/m0/s1. The van der Waals surface area contributed by atoms with E-state index in [0.29, 0.717) is 6.54 Å². The molecule has 1 aromatic carbocycles. The zero-order valence-electron chi connectivity index (χ0n) is 12.7. The molecule has 4 nitrogen and oxygen atoms in total. The Morgan fingerprint density at radius 1 is 1.33 bits per heavy atom. The molecule has 0 unspecified atom stereocenters. The largest absolute Gasteiger partial charge is 0.355 e. The number of benzene rings is 1. The van der Waals surface area contributed by atoms with Crippen molar-refractivity contribution in [3.8, 4) is 11.3 Å². The van der Waals surface area contributed by atoms with E-state index in [4.69, 9.17) is 0 Å². The summed E-state index contributed by atoms with van der Waals surface area (Å²) in [5.74, 6) is 0.0504. The Bertz CT molecular complexity index is 595. The molecule has 2 rings (SSSR count). The highest BCUT2D eigenvalue weighted by Gasteiger charge is 2.18. The van der Waals surface area contributed by atoms with Crippen LogP contribution in [-0.4, -0.2) is 27.3 Å². The molecule has 5 heteroatoms. The van der Waals surface area contributed by atoms with Crippen molar-refractivity contribution < 1.29 is 4.79 Å². The fourth-order valence-corrected chi connectivity index (χ4v) is 3.10. The van der Waals surface area contributed by atoms with Crippen molar-refractivity contribution in [1.82, 2.24) is 14.9 Å². The van der Waals surface area contributed by atoms with E-state index in [1.807, 2.05) is 38.2 Å². The van der Waals surface area contributed by atoms with E-state index in [-0.39, 0.29) is 11.2 Å². The normalized spacial score (nSPS) is 12.1. The van der Waals surface area contributed by atoms with Crippen molar-refractivity contribution in [3.05, 3.63) is 36.5 Å². The van der Waals surface area contributed by atoms with E-state index in [2.05, 4.69) is 33.9 Å². The number of carbonyl (C=O) groups is 1. The van der Waals surface area contributed by atoms with Gasteiger partial charge in [0.25, 0.3) is 0 Å². The Balaban J connectivity index is 2.22. The first kappa shape index (κ1) is 15.6. The van der Waals surface area contributed by atoms with Gasteiger partial charge in [0.2, 0.25) is 5.91 Å². The molecular formula is C16H21N3OS. The van der Waals surface area contributed by atoms with E-state index < -0.39 is 0 Å². The van der Waals surface area contributed by atoms with E-state index in [9.17, 15) is 4.79 Å². The van der Waals surface area contributed by atoms with Crippen LogP contribution in [-0.2, 0) is 11.3 Å². The number of hydrogen-bond donors (Lipinski definition) is 1. The minimum absolute atomic E-state index is 0.0504. The van der Waals surface area contributed by atoms with Crippen LogP contribution in [0.3, 0.4) is 0 Å². The summed E-state index contributed by atoms with van der Waals surface area (Å²) in [5.41, 5.74) is 2.23. The summed E-state index contributed by atoms with van der Waals surface area (Å²) in [6, 6.07) is 10.2. The number of nitrogens with zero attached hydrogens (tertiary/aromatic N) is 2. The summed E-state index contributed by atoms with van der Waals surface area (Å²) >= 11 is 1.50. The molecule has 1 atom stereocenters. The molecular weight excluding hydrogens is 282 g/mol. The number of thioether (sulfide) groups is 1. The van der Waals surface area contributed by atoms with Gasteiger partial charge in [0, 0.05) is 13.1 Å². The van der Waals surface area contributed by atoms with Crippen LogP contribution in [0.25, 0.3) is 11.3 Å². The van der Waals surface area contributed by atoms with Crippen molar-refractivity contribution in [3.63, 3.8) is 0 Å². The van der Waals surface area contributed by atoms with Gasteiger partial charge in [-0.1, -0.05) is 42.1 Å². The Hall–Kier alpha value is -1.75. The summed E-state index contributed by atoms with van der Waals surface area (Å²) in [4.78, 5) is 16.3. The van der Waals surface area contributed by atoms with Crippen LogP contribution in [0.2, 0.25) is 0 Å². The van der Waals surface area contributed by atoms with Crippen LogP contribution in [0.1, 0.15) is 20.8 Å². The Morgan fingerprint density at radius 3 is 2.67 bits per heavy atom. The molecule has 0 fully saturated rings. The smallest absolute Gasteiger partial charge is 0.233 e. The minimum atomic E-state index is -0.152. The molecule has 1 heterocycles. The zero-order chi connectivity index (χ0) is 15.2. The van der Waals surface area contributed by atoms with E-state index >= 15 is 0 Å². The molecule has 0 bridgehead atoms. The fourth-order valence-electron chi connectivity index (χ4n) is 2.13. The zero-order valence-corrected chi connectivity index (χ0v) is 13.5. The van der Waals surface area contributed by atoms with Gasteiger partial charge >= 0.3 is 0 Å². The summed E-state index contributed by atoms with van der Waals surface area (Å²) in [7, 11) is 0. The topological polar surface area (TPSA) is 46.9 Å². The van der Waals surface area contributed by atoms with Crippen molar-refractivity contribution in [1.29, 1.82) is 0 Å². The maximum absolute atomic E-state index is 11.9. The average molecular weight is 303 g/mol. The third-order valence-corrected chi connectivity index (χ3v) is 4.31. The molecule has 0 saturated carbocycles. The number of nitrogens with one attached hydrogen (secondary N) is 1. The van der Waals surface area contributed by atoms with Crippen molar-refractivity contribution in [2.45, 2.75) is 37.7 Å². The van der Waals surface area contributed by atoms with E-state index in [1.165, 1.54) is 11.8 Å². The highest BCUT2D eigenvalue weighted by molar-refractivity contribution is 8.00. The monoisotopic (exact) mass is 303 g/mol. The van der Waals surface area contributed by atoms with Crippen LogP contribution in [0.15, 0.2) is 41.7 Å². The Morgan fingerprint density at radius 2 is 2.05 bits per heavy atom. The van der Waals surface area contributed by atoms with Gasteiger partial charge in [0.1, 0.15) is 0 Å². The van der Waals surface area contributed by atoms with Crippen LogP contribution in [0, 0.1) is 0 Å². The van der Waals surface area contributed by atoms with Crippen LogP contribution in [0.5, 0.6) is 0 Å². The number of carbonyl (C=O) groups excluding carboxylic acids is 1. The molecule has 1 aromatic heterocycles. The van der Waals surface area contributed by atoms with Crippen molar-refractivity contribution in [2.24, 2.45) is 0 Å². The molecule has 0 radical (unpaired) electrons.